The number of carboxylic acid groups (broad SMARTS) is 1. The Morgan fingerprint density at radius 1 is 1.28 bits per heavy atom. The number of aromatic carboxylic acids is 1. The van der Waals surface area contributed by atoms with Gasteiger partial charge in [-0.2, -0.15) is 12.1 Å². The first-order valence-corrected chi connectivity index (χ1v) is 8.25. The Hall–Kier alpha value is -1.37. The predicted octanol–water partition coefficient (Wildman–Crippen LogP) is 3.62. The molecule has 0 spiro atoms. The van der Waals surface area contributed by atoms with Gasteiger partial charge in [0.2, 0.25) is 0 Å². The van der Waals surface area contributed by atoms with Gasteiger partial charge in [0.25, 0.3) is 0 Å². The number of hydrogen-bond donors (Lipinski definition) is 1. The summed E-state index contributed by atoms with van der Waals surface area (Å²) in [6.07, 6.45) is 1.20. The molecule has 1 aromatic heterocycles. The molecule has 7 heteroatoms. The van der Waals surface area contributed by atoms with Crippen molar-refractivity contribution in [3.05, 3.63) is 81.9 Å². The summed E-state index contributed by atoms with van der Waals surface area (Å²) < 4.78 is 15.9. The minimum atomic E-state index is -1.35. The smallest absolute Gasteiger partial charge is 0.340 e. The molecule has 0 bridgehead atoms. The van der Waals surface area contributed by atoms with Gasteiger partial charge in [-0.15, -0.1) is 6.07 Å². The van der Waals surface area contributed by atoms with E-state index in [1.807, 2.05) is 30.3 Å². The maximum atomic E-state index is 14.4. The maximum absolute atomic E-state index is 14.4. The number of fused-ring (bicyclic) bond motifs is 1. The zero-order chi connectivity index (χ0) is 17.3. The quantitative estimate of drug-likeness (QED) is 0.461. The molecule has 4 nitrogen and oxygen atoms in total. The molecular formula is C18H12BrFNO3Y-. The van der Waals surface area contributed by atoms with Gasteiger partial charge in [0.05, 0.1) is 6.04 Å². The summed E-state index contributed by atoms with van der Waals surface area (Å²) in [5.74, 6) is -1.97. The number of rotatable bonds is 4. The molecule has 0 aliphatic carbocycles. The second-order valence-electron chi connectivity index (χ2n) is 5.23. The Morgan fingerprint density at radius 3 is 2.56 bits per heavy atom. The number of nitrogens with zero attached hydrogens (tertiary/aromatic N) is 1. The Balaban J connectivity index is 0.00000225. The topological polar surface area (TPSA) is 59.3 Å². The molecule has 1 atom stereocenters. The van der Waals surface area contributed by atoms with Crippen molar-refractivity contribution in [3.8, 4) is 0 Å². The van der Waals surface area contributed by atoms with E-state index in [4.69, 9.17) is 0 Å². The molecule has 0 amide bonds. The van der Waals surface area contributed by atoms with Crippen LogP contribution in [0.2, 0.25) is 0 Å². The average Bonchev–Trinajstić information content (AvgIpc) is 2.58. The van der Waals surface area contributed by atoms with E-state index in [-0.39, 0.29) is 49.7 Å². The fourth-order valence-electron chi connectivity index (χ4n) is 2.70. The summed E-state index contributed by atoms with van der Waals surface area (Å²) in [7, 11) is 0. The molecule has 1 radical (unpaired) electrons. The van der Waals surface area contributed by atoms with E-state index in [1.54, 1.807) is 0 Å². The van der Waals surface area contributed by atoms with Crippen LogP contribution in [0.4, 0.5) is 4.39 Å². The second kappa shape index (κ2) is 8.34. The van der Waals surface area contributed by atoms with Crippen LogP contribution in [0.5, 0.6) is 0 Å². The number of benzene rings is 2. The zero-order valence-corrected chi connectivity index (χ0v) is 17.4. The van der Waals surface area contributed by atoms with Gasteiger partial charge in [-0.3, -0.25) is 4.39 Å². The molecule has 25 heavy (non-hydrogen) atoms. The van der Waals surface area contributed by atoms with Crippen LogP contribution in [-0.2, 0) is 32.7 Å². The van der Waals surface area contributed by atoms with E-state index in [0.717, 1.165) is 11.6 Å². The molecule has 1 N–H and O–H groups in total. The van der Waals surface area contributed by atoms with Gasteiger partial charge < -0.3 is 14.5 Å². The van der Waals surface area contributed by atoms with E-state index in [0.29, 0.717) is 5.33 Å². The van der Waals surface area contributed by atoms with Crippen LogP contribution in [0.15, 0.2) is 53.5 Å². The third kappa shape index (κ3) is 3.76. The standard InChI is InChI=1S/C18H12BrFNO3.Y/c19-9-15(11-5-2-1-3-6-11)21-10-13(18(23)24)17(22)12-7-4-8-14(20)16(12)21;/h1-3,5-8,10,15H,9H2,(H,23,24);/q-1;. The molecule has 3 rings (SSSR count). The Kier molecular flexibility index (Phi) is 6.66. The summed E-state index contributed by atoms with van der Waals surface area (Å²) in [5, 5.41) is 9.73. The molecule has 1 heterocycles. The van der Waals surface area contributed by atoms with Crippen molar-refractivity contribution in [2.45, 2.75) is 6.04 Å². The number of halogens is 2. The van der Waals surface area contributed by atoms with Gasteiger partial charge >= 0.3 is 5.97 Å². The predicted molar refractivity (Wildman–Crippen MR) is 92.3 cm³/mol. The van der Waals surface area contributed by atoms with Crippen molar-refractivity contribution in [3.63, 3.8) is 0 Å². The van der Waals surface area contributed by atoms with Crippen molar-refractivity contribution >= 4 is 32.8 Å². The number of carboxylic acids is 1. The first-order valence-electron chi connectivity index (χ1n) is 7.13. The zero-order valence-electron chi connectivity index (χ0n) is 12.9. The summed E-state index contributed by atoms with van der Waals surface area (Å²) >= 11 is 3.40. The average molecular weight is 478 g/mol. The minimum absolute atomic E-state index is 0. The van der Waals surface area contributed by atoms with Crippen LogP contribution >= 0.6 is 15.9 Å². The monoisotopic (exact) mass is 477 g/mol. The van der Waals surface area contributed by atoms with Crippen molar-refractivity contribution in [1.82, 2.24) is 4.57 Å². The van der Waals surface area contributed by atoms with Crippen LogP contribution in [0.3, 0.4) is 0 Å². The van der Waals surface area contributed by atoms with Gasteiger partial charge in [0, 0.05) is 50.1 Å². The van der Waals surface area contributed by atoms with Crippen LogP contribution in [0.1, 0.15) is 22.0 Å². The molecule has 0 fully saturated rings. The number of pyridine rings is 1. The van der Waals surface area contributed by atoms with Crippen molar-refractivity contribution in [2.24, 2.45) is 0 Å². The Bertz CT molecular complexity index is 975. The second-order valence-corrected chi connectivity index (χ2v) is 5.88. The van der Waals surface area contributed by atoms with Crippen LogP contribution in [0, 0.1) is 11.9 Å². The molecule has 125 valence electrons. The molecule has 1 unspecified atom stereocenters. The van der Waals surface area contributed by atoms with E-state index < -0.39 is 22.8 Å². The van der Waals surface area contributed by atoms with Gasteiger partial charge in [-0.1, -0.05) is 51.6 Å². The molecular weight excluding hydrogens is 466 g/mol. The van der Waals surface area contributed by atoms with Crippen molar-refractivity contribution in [2.75, 3.05) is 5.33 Å². The SMILES string of the molecule is O=C(O)c1cn(C(CBr)c2ccccc2)c2c(F)c[c-]cc2c1=O.[Y]. The van der Waals surface area contributed by atoms with Crippen LogP contribution in [-0.4, -0.2) is 21.0 Å². The summed E-state index contributed by atoms with van der Waals surface area (Å²) in [5.41, 5.74) is -0.186. The maximum Gasteiger partial charge on any atom is 0.340 e. The third-order valence-electron chi connectivity index (χ3n) is 3.83. The molecule has 2 aromatic carbocycles. The minimum Gasteiger partial charge on any atom is -0.478 e. The normalized spacial score (nSPS) is 11.8. The van der Waals surface area contributed by atoms with Crippen LogP contribution < -0.4 is 5.43 Å². The van der Waals surface area contributed by atoms with Crippen molar-refractivity contribution < 1.29 is 47.0 Å². The van der Waals surface area contributed by atoms with E-state index in [1.165, 1.54) is 16.8 Å². The third-order valence-corrected chi connectivity index (χ3v) is 4.44. The summed E-state index contributed by atoms with van der Waals surface area (Å²) in [6.45, 7) is 0. The number of carbonyl (C=O) groups is 1. The molecule has 3 aromatic rings. The fraction of sp³-hybridized carbons (Fsp3) is 0.111. The van der Waals surface area contributed by atoms with E-state index >= 15 is 0 Å². The summed E-state index contributed by atoms with van der Waals surface area (Å²) in [6, 6.07) is 13.9. The molecule has 0 aliphatic rings. The van der Waals surface area contributed by atoms with Gasteiger partial charge in [-0.05, 0) is 11.1 Å². The largest absolute Gasteiger partial charge is 0.478 e. The fourth-order valence-corrected chi connectivity index (χ4v) is 3.39. The molecule has 0 saturated carbocycles. The number of alkyl halides is 1. The van der Waals surface area contributed by atoms with E-state index in [2.05, 4.69) is 22.0 Å². The van der Waals surface area contributed by atoms with Gasteiger partial charge in [0.15, 0.2) is 0 Å². The molecule has 0 aliphatic heterocycles. The van der Waals surface area contributed by atoms with Gasteiger partial charge in [0.1, 0.15) is 11.0 Å². The van der Waals surface area contributed by atoms with Crippen LogP contribution in [0.25, 0.3) is 10.9 Å². The Morgan fingerprint density at radius 2 is 1.96 bits per heavy atom. The van der Waals surface area contributed by atoms with Gasteiger partial charge in [-0.25, -0.2) is 4.79 Å². The number of aromatic nitrogens is 1. The first-order chi connectivity index (χ1) is 11.5. The van der Waals surface area contributed by atoms with Crippen molar-refractivity contribution in [1.29, 1.82) is 0 Å². The summed E-state index contributed by atoms with van der Waals surface area (Å²) in [4.78, 5) is 23.8. The molecule has 0 saturated heterocycles. The number of hydrogen-bond acceptors (Lipinski definition) is 2. The van der Waals surface area contributed by atoms with E-state index in [9.17, 15) is 19.1 Å². The first kappa shape index (κ1) is 20.0. The Labute approximate surface area is 176 Å².